The highest BCUT2D eigenvalue weighted by Gasteiger charge is 2.33. The van der Waals surface area contributed by atoms with E-state index in [4.69, 9.17) is 19.3 Å². The summed E-state index contributed by atoms with van der Waals surface area (Å²) in [4.78, 5) is 10.8. The van der Waals surface area contributed by atoms with Crippen molar-refractivity contribution in [2.45, 2.75) is 112 Å². The number of carbonyl (C=O) groups is 1. The van der Waals surface area contributed by atoms with E-state index < -0.39 is 18.2 Å². The molecule has 2 atom stereocenters. The summed E-state index contributed by atoms with van der Waals surface area (Å²) >= 11 is 0. The Labute approximate surface area is 253 Å². The van der Waals surface area contributed by atoms with Crippen molar-refractivity contribution in [3.05, 3.63) is 53.1 Å². The number of rotatable bonds is 16. The monoisotopic (exact) mass is 586 g/mol. The first-order chi connectivity index (χ1) is 19.5. The van der Waals surface area contributed by atoms with Crippen LogP contribution < -0.4 is 14.2 Å². The van der Waals surface area contributed by atoms with Gasteiger partial charge in [-0.2, -0.15) is 0 Å². The summed E-state index contributed by atoms with van der Waals surface area (Å²) in [6.45, 7) is 18.9. The van der Waals surface area contributed by atoms with Gasteiger partial charge in [0.25, 0.3) is 0 Å². The maximum absolute atomic E-state index is 10.8. The number of ether oxygens (including phenoxy) is 3. The predicted octanol–water partition coefficient (Wildman–Crippen LogP) is 7.31. The lowest BCUT2D eigenvalue weighted by Crippen LogP contribution is -2.33. The quantitative estimate of drug-likeness (QED) is 0.177. The number of unbranched alkanes of at least 4 members (excludes halogenated alkanes) is 1. The van der Waals surface area contributed by atoms with Crippen LogP contribution in [-0.4, -0.2) is 53.3 Å². The molecule has 0 aliphatic heterocycles. The van der Waals surface area contributed by atoms with Crippen molar-refractivity contribution >= 4 is 5.97 Å². The van der Waals surface area contributed by atoms with Gasteiger partial charge in [0.1, 0.15) is 19.0 Å². The van der Waals surface area contributed by atoms with Gasteiger partial charge in [0.05, 0.1) is 18.8 Å². The van der Waals surface area contributed by atoms with Crippen molar-refractivity contribution in [3.8, 4) is 17.2 Å². The van der Waals surface area contributed by atoms with Crippen LogP contribution in [-0.2, 0) is 10.2 Å². The molecule has 2 rings (SSSR count). The van der Waals surface area contributed by atoms with Gasteiger partial charge in [-0.15, -0.1) is 0 Å². The average Bonchev–Trinajstić information content (AvgIpc) is 2.91. The van der Waals surface area contributed by atoms with Gasteiger partial charge in [-0.05, 0) is 78.3 Å². The van der Waals surface area contributed by atoms with Crippen LogP contribution >= 0.6 is 0 Å². The van der Waals surface area contributed by atoms with Crippen molar-refractivity contribution in [1.29, 1.82) is 0 Å². The summed E-state index contributed by atoms with van der Waals surface area (Å²) in [6, 6.07) is 12.3. The Morgan fingerprint density at radius 2 is 1.24 bits per heavy atom. The van der Waals surface area contributed by atoms with Gasteiger partial charge in [-0.3, -0.25) is 4.79 Å². The maximum atomic E-state index is 10.8. The molecule has 0 spiro atoms. The number of aliphatic hydroxyl groups excluding tert-OH is 2. The second-order valence-electron chi connectivity index (χ2n) is 13.5. The minimum atomic E-state index is -0.785. The molecule has 0 bridgehead atoms. The summed E-state index contributed by atoms with van der Waals surface area (Å²) in [7, 11) is 0. The molecule has 0 amide bonds. The predicted molar refractivity (Wildman–Crippen MR) is 168 cm³/mol. The van der Waals surface area contributed by atoms with Gasteiger partial charge < -0.3 is 29.5 Å². The third-order valence-corrected chi connectivity index (χ3v) is 8.27. The van der Waals surface area contributed by atoms with E-state index in [2.05, 4.69) is 32.0 Å². The first-order valence-electron chi connectivity index (χ1n) is 15.3. The molecule has 0 heterocycles. The van der Waals surface area contributed by atoms with Crippen molar-refractivity contribution in [2.24, 2.45) is 10.8 Å². The van der Waals surface area contributed by atoms with Crippen molar-refractivity contribution < 1.29 is 34.3 Å². The molecule has 0 aliphatic carbocycles. The molecular formula is C35H54O7. The molecule has 236 valence electrons. The molecule has 2 unspecified atom stereocenters. The average molecular weight is 587 g/mol. The molecule has 0 saturated carbocycles. The van der Waals surface area contributed by atoms with Gasteiger partial charge in [-0.1, -0.05) is 73.6 Å². The van der Waals surface area contributed by atoms with Crippen LogP contribution in [0.4, 0.5) is 0 Å². The van der Waals surface area contributed by atoms with Crippen LogP contribution in [0, 0.1) is 17.8 Å². The van der Waals surface area contributed by atoms with Crippen LogP contribution in [0.1, 0.15) is 104 Å². The van der Waals surface area contributed by atoms with Gasteiger partial charge in [0, 0.05) is 11.8 Å². The van der Waals surface area contributed by atoms with Gasteiger partial charge >= 0.3 is 5.97 Å². The SMILES string of the molecule is CCC(CC)(c1ccc(OCCCCC(=O)O)c(C)c1)c1ccc(OCC(O)C(C)(C)C)c(OCC(O)C(C)(C)C)c1. The third-order valence-electron chi connectivity index (χ3n) is 8.27. The van der Waals surface area contributed by atoms with E-state index in [0.29, 0.717) is 30.9 Å². The van der Waals surface area contributed by atoms with Crippen LogP contribution in [0.5, 0.6) is 17.2 Å². The normalized spacial score (nSPS) is 13.9. The summed E-state index contributed by atoms with van der Waals surface area (Å²) in [5, 5.41) is 30.1. The molecule has 2 aromatic rings. The van der Waals surface area contributed by atoms with Crippen molar-refractivity contribution in [1.82, 2.24) is 0 Å². The number of hydrogen-bond acceptors (Lipinski definition) is 6. The topological polar surface area (TPSA) is 105 Å². The zero-order chi connectivity index (χ0) is 31.7. The Morgan fingerprint density at radius 1 is 0.738 bits per heavy atom. The number of aliphatic hydroxyl groups is 2. The Kier molecular flexibility index (Phi) is 12.7. The first-order valence-corrected chi connectivity index (χ1v) is 15.3. The molecule has 3 N–H and O–H groups in total. The number of benzene rings is 2. The number of hydrogen-bond donors (Lipinski definition) is 3. The number of carboxylic acids is 1. The Balaban J connectivity index is 2.41. The minimum absolute atomic E-state index is 0.119. The molecule has 0 fully saturated rings. The summed E-state index contributed by atoms with van der Waals surface area (Å²) in [5.74, 6) is 1.09. The van der Waals surface area contributed by atoms with E-state index in [-0.39, 0.29) is 35.9 Å². The second-order valence-corrected chi connectivity index (χ2v) is 13.5. The fourth-order valence-electron chi connectivity index (χ4n) is 4.78. The first kappa shape index (κ1) is 35.4. The minimum Gasteiger partial charge on any atom is -0.493 e. The highest BCUT2D eigenvalue weighted by atomic mass is 16.5. The maximum Gasteiger partial charge on any atom is 0.303 e. The van der Waals surface area contributed by atoms with Crippen molar-refractivity contribution in [3.63, 3.8) is 0 Å². The van der Waals surface area contributed by atoms with Crippen LogP contribution in [0.25, 0.3) is 0 Å². The highest BCUT2D eigenvalue weighted by molar-refractivity contribution is 5.66. The Bertz CT molecular complexity index is 1140. The summed E-state index contributed by atoms with van der Waals surface area (Å²) < 4.78 is 18.3. The fourth-order valence-corrected chi connectivity index (χ4v) is 4.78. The Hall–Kier alpha value is -2.77. The summed E-state index contributed by atoms with van der Waals surface area (Å²) in [5.41, 5.74) is 2.32. The van der Waals surface area contributed by atoms with E-state index in [1.54, 1.807) is 0 Å². The number of aryl methyl sites for hydroxylation is 1. The second kappa shape index (κ2) is 15.1. The molecule has 7 heteroatoms. The zero-order valence-electron chi connectivity index (χ0n) is 27.3. The number of carboxylic acid groups (broad SMARTS) is 1. The lowest BCUT2D eigenvalue weighted by molar-refractivity contribution is -0.137. The van der Waals surface area contributed by atoms with Crippen molar-refractivity contribution in [2.75, 3.05) is 19.8 Å². The van der Waals surface area contributed by atoms with E-state index >= 15 is 0 Å². The van der Waals surface area contributed by atoms with E-state index in [0.717, 1.165) is 29.7 Å². The van der Waals surface area contributed by atoms with Gasteiger partial charge in [-0.25, -0.2) is 0 Å². The Morgan fingerprint density at radius 3 is 1.71 bits per heavy atom. The van der Waals surface area contributed by atoms with Crippen LogP contribution in [0.3, 0.4) is 0 Å². The molecule has 0 aliphatic rings. The van der Waals surface area contributed by atoms with Gasteiger partial charge in [0.2, 0.25) is 0 Å². The largest absolute Gasteiger partial charge is 0.493 e. The smallest absolute Gasteiger partial charge is 0.303 e. The van der Waals surface area contributed by atoms with Crippen LogP contribution in [0.15, 0.2) is 36.4 Å². The third kappa shape index (κ3) is 9.63. The highest BCUT2D eigenvalue weighted by Crippen LogP contribution is 2.43. The fraction of sp³-hybridized carbons (Fsp3) is 0.629. The molecule has 7 nitrogen and oxygen atoms in total. The molecular weight excluding hydrogens is 532 g/mol. The van der Waals surface area contributed by atoms with Gasteiger partial charge in [0.15, 0.2) is 11.5 Å². The molecule has 0 aromatic heterocycles. The van der Waals surface area contributed by atoms with Crippen LogP contribution in [0.2, 0.25) is 0 Å². The standard InChI is InChI=1S/C35H54O7/c1-10-35(11-2,25-15-17-27(24(3)20-25)40-19-13-12-14-32(38)39)26-16-18-28(41-22-30(36)33(4,5)6)29(21-26)42-23-31(37)34(7,8)9/h15-18,20-21,30-31,36-37H,10-14,19,22-23H2,1-9H3,(H,38,39). The van der Waals surface area contributed by atoms with E-state index in [1.165, 1.54) is 5.56 Å². The summed E-state index contributed by atoms with van der Waals surface area (Å²) in [6.07, 6.45) is 1.81. The number of aliphatic carboxylic acids is 1. The molecule has 0 radical (unpaired) electrons. The zero-order valence-corrected chi connectivity index (χ0v) is 27.3. The lowest BCUT2D eigenvalue weighted by Gasteiger charge is -2.34. The molecule has 42 heavy (non-hydrogen) atoms. The molecule has 2 aromatic carbocycles. The lowest BCUT2D eigenvalue weighted by atomic mass is 9.70. The van der Waals surface area contributed by atoms with E-state index in [1.807, 2.05) is 66.7 Å². The molecule has 0 saturated heterocycles. The van der Waals surface area contributed by atoms with E-state index in [9.17, 15) is 15.0 Å².